The van der Waals surface area contributed by atoms with Crippen molar-refractivity contribution in [3.63, 3.8) is 0 Å². The maximum absolute atomic E-state index is 12.5. The van der Waals surface area contributed by atoms with Gasteiger partial charge in [0.2, 0.25) is 5.91 Å². The zero-order chi connectivity index (χ0) is 18.6. The molecule has 0 radical (unpaired) electrons. The molecule has 0 aliphatic carbocycles. The molecule has 0 aliphatic heterocycles. The first-order valence-corrected chi connectivity index (χ1v) is 9.19. The fraction of sp³-hybridized carbons (Fsp3) is 0.125. The zero-order valence-corrected chi connectivity index (χ0v) is 14.6. The Morgan fingerprint density at radius 1 is 1.19 bits per heavy atom. The fourth-order valence-corrected chi connectivity index (χ4v) is 3.10. The van der Waals surface area contributed by atoms with Gasteiger partial charge in [-0.3, -0.25) is 14.1 Å². The second-order valence-corrected chi connectivity index (χ2v) is 6.95. The lowest BCUT2D eigenvalue weighted by molar-refractivity contribution is -0.115. The lowest BCUT2D eigenvalue weighted by atomic mass is 10.3. The van der Waals surface area contributed by atoms with Gasteiger partial charge >= 0.3 is 0 Å². The van der Waals surface area contributed by atoms with E-state index in [1.165, 1.54) is 36.7 Å². The molecule has 26 heavy (non-hydrogen) atoms. The number of carbonyl (C=O) groups is 1. The summed E-state index contributed by atoms with van der Waals surface area (Å²) >= 11 is 0. The van der Waals surface area contributed by atoms with E-state index in [2.05, 4.69) is 25.0 Å². The van der Waals surface area contributed by atoms with Crippen LogP contribution in [0.25, 0.3) is 5.82 Å². The number of benzene rings is 1. The maximum Gasteiger partial charge on any atom is 0.263 e. The lowest BCUT2D eigenvalue weighted by Gasteiger charge is -2.09. The van der Waals surface area contributed by atoms with Crippen LogP contribution in [0.1, 0.15) is 13.3 Å². The molecule has 2 N–H and O–H groups in total. The van der Waals surface area contributed by atoms with Crippen LogP contribution in [0.5, 0.6) is 0 Å². The van der Waals surface area contributed by atoms with E-state index >= 15 is 0 Å². The van der Waals surface area contributed by atoms with E-state index in [0.29, 0.717) is 17.9 Å². The lowest BCUT2D eigenvalue weighted by Crippen LogP contribution is -2.15. The van der Waals surface area contributed by atoms with Crippen molar-refractivity contribution >= 4 is 27.4 Å². The van der Waals surface area contributed by atoms with Gasteiger partial charge in [0.15, 0.2) is 0 Å². The van der Waals surface area contributed by atoms with Gasteiger partial charge in [-0.25, -0.2) is 23.4 Å². The molecule has 3 rings (SSSR count). The molecule has 0 spiro atoms. The summed E-state index contributed by atoms with van der Waals surface area (Å²) in [5.41, 5.74) is 0.528. The minimum absolute atomic E-state index is 0.0507. The van der Waals surface area contributed by atoms with Crippen LogP contribution in [0.3, 0.4) is 0 Å². The van der Waals surface area contributed by atoms with Gasteiger partial charge in [0.05, 0.1) is 4.90 Å². The summed E-state index contributed by atoms with van der Waals surface area (Å²) < 4.78 is 29.1. The van der Waals surface area contributed by atoms with Gasteiger partial charge in [-0.1, -0.05) is 6.92 Å². The van der Waals surface area contributed by atoms with Crippen LogP contribution in [-0.2, 0) is 14.8 Å². The molecule has 2 aromatic heterocycles. The number of anilines is 2. The summed E-state index contributed by atoms with van der Waals surface area (Å²) in [6.07, 6.45) is 6.42. The zero-order valence-electron chi connectivity index (χ0n) is 13.8. The SMILES string of the molecule is CCC(=O)Nc1ccc(S(=O)(=O)Nc2cc(-n3ccnc3)ncn2)cc1. The molecular formula is C16H16N6O3S. The van der Waals surface area contributed by atoms with E-state index in [0.717, 1.165) is 0 Å². The van der Waals surface area contributed by atoms with Crippen molar-refractivity contribution in [3.05, 3.63) is 55.4 Å². The third-order valence-electron chi connectivity index (χ3n) is 3.43. The molecule has 1 aromatic carbocycles. The molecule has 3 aromatic rings. The van der Waals surface area contributed by atoms with E-state index in [1.807, 2.05) is 0 Å². The minimum Gasteiger partial charge on any atom is -0.326 e. The van der Waals surface area contributed by atoms with Crippen LogP contribution >= 0.6 is 0 Å². The highest BCUT2D eigenvalue weighted by Crippen LogP contribution is 2.18. The Balaban J connectivity index is 1.79. The van der Waals surface area contributed by atoms with E-state index in [4.69, 9.17) is 0 Å². The van der Waals surface area contributed by atoms with Crippen molar-refractivity contribution in [2.24, 2.45) is 0 Å². The highest BCUT2D eigenvalue weighted by Gasteiger charge is 2.15. The summed E-state index contributed by atoms with van der Waals surface area (Å²) in [7, 11) is -3.83. The van der Waals surface area contributed by atoms with E-state index < -0.39 is 10.0 Å². The summed E-state index contributed by atoms with van der Waals surface area (Å²) in [5.74, 6) is 0.464. The third kappa shape index (κ3) is 4.03. The number of imidazole rings is 1. The van der Waals surface area contributed by atoms with Crippen LogP contribution in [0.4, 0.5) is 11.5 Å². The first kappa shape index (κ1) is 17.5. The van der Waals surface area contributed by atoms with Crippen LogP contribution in [0, 0.1) is 0 Å². The number of sulfonamides is 1. The minimum atomic E-state index is -3.83. The molecule has 0 fully saturated rings. The number of rotatable bonds is 6. The number of amides is 1. The molecule has 134 valence electrons. The predicted molar refractivity (Wildman–Crippen MR) is 95.3 cm³/mol. The number of hydrogen-bond acceptors (Lipinski definition) is 6. The predicted octanol–water partition coefficient (Wildman–Crippen LogP) is 1.81. The Bertz CT molecular complexity index is 1000. The van der Waals surface area contributed by atoms with Gasteiger partial charge in [-0.2, -0.15) is 0 Å². The van der Waals surface area contributed by atoms with Crippen molar-refractivity contribution in [2.75, 3.05) is 10.0 Å². The standard InChI is InChI=1S/C16H16N6O3S/c1-2-16(23)20-12-3-5-13(6-4-12)26(24,25)21-14-9-15(19-10-18-14)22-8-7-17-11-22/h3-11H,2H2,1H3,(H,20,23)(H,18,19,21). The Hall–Kier alpha value is -3.27. The average Bonchev–Trinajstić information content (AvgIpc) is 3.16. The first-order valence-electron chi connectivity index (χ1n) is 7.71. The van der Waals surface area contributed by atoms with Crippen LogP contribution in [0.2, 0.25) is 0 Å². The molecule has 0 saturated carbocycles. The second-order valence-electron chi connectivity index (χ2n) is 5.26. The van der Waals surface area contributed by atoms with Crippen molar-refractivity contribution < 1.29 is 13.2 Å². The molecule has 0 bridgehead atoms. The molecule has 2 heterocycles. The van der Waals surface area contributed by atoms with Crippen LogP contribution in [0.15, 0.2) is 60.3 Å². The monoisotopic (exact) mass is 372 g/mol. The van der Waals surface area contributed by atoms with Crippen molar-refractivity contribution in [3.8, 4) is 5.82 Å². The number of aromatic nitrogens is 4. The first-order chi connectivity index (χ1) is 12.5. The average molecular weight is 372 g/mol. The topological polar surface area (TPSA) is 119 Å². The van der Waals surface area contributed by atoms with Gasteiger partial charge in [0, 0.05) is 30.6 Å². The summed E-state index contributed by atoms with van der Waals surface area (Å²) in [5, 5.41) is 2.66. The van der Waals surface area contributed by atoms with E-state index in [9.17, 15) is 13.2 Å². The largest absolute Gasteiger partial charge is 0.326 e. The Morgan fingerprint density at radius 2 is 1.96 bits per heavy atom. The van der Waals surface area contributed by atoms with Gasteiger partial charge in [-0.15, -0.1) is 0 Å². The summed E-state index contributed by atoms with van der Waals surface area (Å²) in [6, 6.07) is 7.37. The Morgan fingerprint density at radius 3 is 2.62 bits per heavy atom. The van der Waals surface area contributed by atoms with Gasteiger partial charge in [0.25, 0.3) is 10.0 Å². The molecule has 0 aliphatic rings. The van der Waals surface area contributed by atoms with Gasteiger partial charge < -0.3 is 5.32 Å². The molecule has 0 saturated heterocycles. The highest BCUT2D eigenvalue weighted by molar-refractivity contribution is 7.92. The number of nitrogens with zero attached hydrogens (tertiary/aromatic N) is 4. The molecule has 10 heteroatoms. The molecule has 1 amide bonds. The highest BCUT2D eigenvalue weighted by atomic mass is 32.2. The molecule has 0 unspecified atom stereocenters. The van der Waals surface area contributed by atoms with Crippen molar-refractivity contribution in [1.82, 2.24) is 19.5 Å². The summed E-state index contributed by atoms with van der Waals surface area (Å²) in [4.78, 5) is 23.3. The normalized spacial score (nSPS) is 11.1. The third-order valence-corrected chi connectivity index (χ3v) is 4.80. The smallest absolute Gasteiger partial charge is 0.263 e. The second kappa shape index (κ2) is 7.31. The quantitative estimate of drug-likeness (QED) is 0.681. The van der Waals surface area contributed by atoms with Crippen molar-refractivity contribution in [1.29, 1.82) is 0 Å². The summed E-state index contributed by atoms with van der Waals surface area (Å²) in [6.45, 7) is 1.73. The molecular weight excluding hydrogens is 356 g/mol. The maximum atomic E-state index is 12.5. The molecule has 0 atom stereocenters. The van der Waals surface area contributed by atoms with Crippen LogP contribution in [-0.4, -0.2) is 33.8 Å². The number of carbonyl (C=O) groups excluding carboxylic acids is 1. The van der Waals surface area contributed by atoms with Gasteiger partial charge in [0.1, 0.15) is 24.3 Å². The fourth-order valence-electron chi connectivity index (χ4n) is 2.10. The number of hydrogen-bond donors (Lipinski definition) is 2. The Labute approximate surface area is 150 Å². The van der Waals surface area contributed by atoms with E-state index in [-0.39, 0.29) is 16.6 Å². The Kier molecular flexibility index (Phi) is 4.94. The van der Waals surface area contributed by atoms with Crippen molar-refractivity contribution in [2.45, 2.75) is 18.2 Å². The molecule has 9 nitrogen and oxygen atoms in total. The van der Waals surface area contributed by atoms with Gasteiger partial charge in [-0.05, 0) is 24.3 Å². The van der Waals surface area contributed by atoms with Crippen LogP contribution < -0.4 is 10.0 Å². The van der Waals surface area contributed by atoms with E-state index in [1.54, 1.807) is 30.2 Å². The number of nitrogens with one attached hydrogen (secondary N) is 2.